The fraction of sp³-hybridized carbons (Fsp3) is 1.00. The van der Waals surface area contributed by atoms with Crippen molar-refractivity contribution in [3.05, 3.63) is 0 Å². The van der Waals surface area contributed by atoms with Crippen LogP contribution >= 0.6 is 0 Å². The minimum atomic E-state index is 0.0260. The van der Waals surface area contributed by atoms with Crippen LogP contribution in [0.3, 0.4) is 0 Å². The lowest BCUT2D eigenvalue weighted by molar-refractivity contribution is 0.0120. The molecule has 1 nitrogen and oxygen atoms in total. The number of aliphatic hydroxyl groups excluding tert-OH is 1. The molecule has 0 saturated heterocycles. The number of rotatable bonds is 3. The van der Waals surface area contributed by atoms with Gasteiger partial charge in [-0.1, -0.05) is 45.4 Å². The third kappa shape index (κ3) is 3.00. The Morgan fingerprint density at radius 1 is 0.875 bits per heavy atom. The first kappa shape index (κ1) is 12.4. The summed E-state index contributed by atoms with van der Waals surface area (Å²) in [4.78, 5) is 0. The molecule has 0 aromatic rings. The Labute approximate surface area is 101 Å². The lowest BCUT2D eigenvalue weighted by Crippen LogP contribution is -2.33. The van der Waals surface area contributed by atoms with Crippen LogP contribution in [0.2, 0.25) is 0 Å². The predicted molar refractivity (Wildman–Crippen MR) is 68.3 cm³/mol. The lowest BCUT2D eigenvalue weighted by atomic mass is 9.73. The summed E-state index contributed by atoms with van der Waals surface area (Å²) in [6.07, 6.45) is 13.3. The van der Waals surface area contributed by atoms with E-state index in [-0.39, 0.29) is 6.10 Å². The van der Waals surface area contributed by atoms with Gasteiger partial charge in [0.05, 0.1) is 6.10 Å². The van der Waals surface area contributed by atoms with Crippen molar-refractivity contribution in [2.45, 2.75) is 77.2 Å². The number of hydrogen-bond donors (Lipinski definition) is 1. The largest absolute Gasteiger partial charge is 0.393 e. The molecule has 0 heterocycles. The van der Waals surface area contributed by atoms with Gasteiger partial charge in [0, 0.05) is 0 Å². The maximum atomic E-state index is 10.5. The van der Waals surface area contributed by atoms with E-state index in [2.05, 4.69) is 6.92 Å². The fourth-order valence-corrected chi connectivity index (χ4v) is 3.80. The van der Waals surface area contributed by atoms with Crippen LogP contribution in [0.25, 0.3) is 0 Å². The van der Waals surface area contributed by atoms with E-state index in [1.807, 2.05) is 0 Å². The van der Waals surface area contributed by atoms with Crippen LogP contribution < -0.4 is 0 Å². The molecule has 1 N–H and O–H groups in total. The standard InChI is InChI=1S/C15H28O/c1-2-12-8-10-14(11-9-12)15(16)13-6-4-3-5-7-13/h12-16H,2-11H2,1H3. The smallest absolute Gasteiger partial charge is 0.0596 e. The Bertz CT molecular complexity index is 188. The maximum absolute atomic E-state index is 10.5. The molecule has 2 saturated carbocycles. The average molecular weight is 224 g/mol. The SMILES string of the molecule is CCC1CCC(C(O)C2CCCCC2)CC1. The molecule has 2 aliphatic carbocycles. The second-order valence-electron chi connectivity index (χ2n) is 6.08. The molecule has 2 aliphatic rings. The van der Waals surface area contributed by atoms with Crippen LogP contribution in [-0.4, -0.2) is 11.2 Å². The third-order valence-electron chi connectivity index (χ3n) is 5.08. The third-order valence-corrected chi connectivity index (χ3v) is 5.08. The molecule has 0 aromatic carbocycles. The summed E-state index contributed by atoms with van der Waals surface area (Å²) < 4.78 is 0. The van der Waals surface area contributed by atoms with Gasteiger partial charge < -0.3 is 5.11 Å². The molecule has 1 heteroatoms. The monoisotopic (exact) mass is 224 g/mol. The quantitative estimate of drug-likeness (QED) is 0.763. The molecule has 0 bridgehead atoms. The maximum Gasteiger partial charge on any atom is 0.0596 e. The van der Waals surface area contributed by atoms with Gasteiger partial charge >= 0.3 is 0 Å². The van der Waals surface area contributed by atoms with Crippen LogP contribution in [0, 0.1) is 17.8 Å². The van der Waals surface area contributed by atoms with E-state index in [0.29, 0.717) is 11.8 Å². The van der Waals surface area contributed by atoms with Crippen molar-refractivity contribution in [1.29, 1.82) is 0 Å². The average Bonchev–Trinajstić information content (AvgIpc) is 2.39. The van der Waals surface area contributed by atoms with Crippen molar-refractivity contribution < 1.29 is 5.11 Å². The van der Waals surface area contributed by atoms with E-state index in [1.165, 1.54) is 64.2 Å². The van der Waals surface area contributed by atoms with Gasteiger partial charge in [-0.05, 0) is 43.4 Å². The minimum absolute atomic E-state index is 0.0260. The topological polar surface area (TPSA) is 20.2 Å². The first-order chi connectivity index (χ1) is 7.81. The Hall–Kier alpha value is -0.0400. The molecule has 0 aromatic heterocycles. The normalized spacial score (nSPS) is 34.9. The van der Waals surface area contributed by atoms with Gasteiger partial charge in [-0.25, -0.2) is 0 Å². The number of hydrogen-bond acceptors (Lipinski definition) is 1. The highest BCUT2D eigenvalue weighted by Gasteiger charge is 2.31. The van der Waals surface area contributed by atoms with Gasteiger partial charge in [-0.3, -0.25) is 0 Å². The van der Waals surface area contributed by atoms with E-state index in [1.54, 1.807) is 0 Å². The summed E-state index contributed by atoms with van der Waals surface area (Å²) in [6, 6.07) is 0. The molecular formula is C15H28O. The van der Waals surface area contributed by atoms with Crippen LogP contribution in [0.4, 0.5) is 0 Å². The van der Waals surface area contributed by atoms with Crippen molar-refractivity contribution in [2.24, 2.45) is 17.8 Å². The van der Waals surface area contributed by atoms with E-state index in [4.69, 9.17) is 0 Å². The van der Waals surface area contributed by atoms with Crippen LogP contribution in [0.1, 0.15) is 71.1 Å². The van der Waals surface area contributed by atoms with Crippen molar-refractivity contribution in [1.82, 2.24) is 0 Å². The molecule has 0 aliphatic heterocycles. The van der Waals surface area contributed by atoms with E-state index in [9.17, 15) is 5.11 Å². The molecule has 2 rings (SSSR count). The predicted octanol–water partition coefficient (Wildman–Crippen LogP) is 4.14. The molecule has 0 spiro atoms. The van der Waals surface area contributed by atoms with E-state index >= 15 is 0 Å². The van der Waals surface area contributed by atoms with Gasteiger partial charge in [0.25, 0.3) is 0 Å². The van der Waals surface area contributed by atoms with Crippen LogP contribution in [0.15, 0.2) is 0 Å². The van der Waals surface area contributed by atoms with Crippen molar-refractivity contribution in [2.75, 3.05) is 0 Å². The highest BCUT2D eigenvalue weighted by atomic mass is 16.3. The summed E-state index contributed by atoms with van der Waals surface area (Å²) in [5.74, 6) is 2.22. The highest BCUT2D eigenvalue weighted by Crippen LogP contribution is 2.37. The minimum Gasteiger partial charge on any atom is -0.393 e. The molecule has 0 amide bonds. The summed E-state index contributed by atoms with van der Waals surface area (Å²) in [6.45, 7) is 2.31. The summed E-state index contributed by atoms with van der Waals surface area (Å²) in [5.41, 5.74) is 0. The summed E-state index contributed by atoms with van der Waals surface area (Å²) >= 11 is 0. The zero-order valence-corrected chi connectivity index (χ0v) is 10.8. The Kier molecular flexibility index (Phi) is 4.69. The first-order valence-corrected chi connectivity index (χ1v) is 7.49. The molecule has 1 atom stereocenters. The molecule has 16 heavy (non-hydrogen) atoms. The summed E-state index contributed by atoms with van der Waals surface area (Å²) in [5, 5.41) is 10.5. The van der Waals surface area contributed by atoms with E-state index < -0.39 is 0 Å². The van der Waals surface area contributed by atoms with Crippen LogP contribution in [0.5, 0.6) is 0 Å². The van der Waals surface area contributed by atoms with Gasteiger partial charge in [0.1, 0.15) is 0 Å². The zero-order chi connectivity index (χ0) is 11.4. The first-order valence-electron chi connectivity index (χ1n) is 7.49. The van der Waals surface area contributed by atoms with Crippen LogP contribution in [-0.2, 0) is 0 Å². The van der Waals surface area contributed by atoms with Gasteiger partial charge in [0.15, 0.2) is 0 Å². The Morgan fingerprint density at radius 3 is 2.00 bits per heavy atom. The molecule has 1 unspecified atom stereocenters. The van der Waals surface area contributed by atoms with Gasteiger partial charge in [-0.15, -0.1) is 0 Å². The zero-order valence-electron chi connectivity index (χ0n) is 10.8. The lowest BCUT2D eigenvalue weighted by Gasteiger charge is -2.36. The van der Waals surface area contributed by atoms with Crippen molar-refractivity contribution in [3.8, 4) is 0 Å². The second-order valence-corrected chi connectivity index (χ2v) is 6.08. The Morgan fingerprint density at radius 2 is 1.44 bits per heavy atom. The summed E-state index contributed by atoms with van der Waals surface area (Å²) in [7, 11) is 0. The highest BCUT2D eigenvalue weighted by molar-refractivity contribution is 4.82. The van der Waals surface area contributed by atoms with Gasteiger partial charge in [-0.2, -0.15) is 0 Å². The molecule has 0 radical (unpaired) electrons. The van der Waals surface area contributed by atoms with Gasteiger partial charge in [0.2, 0.25) is 0 Å². The molecular weight excluding hydrogens is 196 g/mol. The molecule has 2 fully saturated rings. The number of aliphatic hydroxyl groups is 1. The Balaban J connectivity index is 1.78. The molecule has 94 valence electrons. The van der Waals surface area contributed by atoms with Crippen molar-refractivity contribution >= 4 is 0 Å². The second kappa shape index (κ2) is 6.05. The van der Waals surface area contributed by atoms with E-state index in [0.717, 1.165) is 5.92 Å². The fourth-order valence-electron chi connectivity index (χ4n) is 3.80. The van der Waals surface area contributed by atoms with Crippen molar-refractivity contribution in [3.63, 3.8) is 0 Å².